The predicted octanol–water partition coefficient (Wildman–Crippen LogP) is 0.607. The van der Waals surface area contributed by atoms with Gasteiger partial charge in [0, 0.05) is 31.7 Å². The molecule has 1 fully saturated rings. The van der Waals surface area contributed by atoms with Crippen LogP contribution in [-0.2, 0) is 21.3 Å². The quantitative estimate of drug-likeness (QED) is 0.563. The molecule has 1 aromatic carbocycles. The van der Waals surface area contributed by atoms with Gasteiger partial charge in [-0.1, -0.05) is 13.3 Å². The average molecular weight is 480 g/mol. The van der Waals surface area contributed by atoms with Crippen LogP contribution in [0.1, 0.15) is 37.0 Å². The normalized spacial score (nSPS) is 14.8. The van der Waals surface area contributed by atoms with E-state index in [1.54, 1.807) is 6.92 Å². The van der Waals surface area contributed by atoms with Crippen molar-refractivity contribution >= 4 is 27.4 Å². The molecule has 3 N–H and O–H groups in total. The van der Waals surface area contributed by atoms with Gasteiger partial charge < -0.3 is 15.4 Å². The molecule has 0 bridgehead atoms. The van der Waals surface area contributed by atoms with E-state index in [1.165, 1.54) is 38.0 Å². The number of carbonyl (C=O) groups is 1. The second kappa shape index (κ2) is 10.3. The zero-order valence-electron chi connectivity index (χ0n) is 18.7. The van der Waals surface area contributed by atoms with Crippen molar-refractivity contribution in [2.45, 2.75) is 38.1 Å². The Bertz CT molecular complexity index is 1210. The maximum atomic E-state index is 13.2. The lowest BCUT2D eigenvalue weighted by Crippen LogP contribution is -2.41. The maximum absolute atomic E-state index is 13.2. The number of hydrogen-bond donors (Lipinski definition) is 2. The van der Waals surface area contributed by atoms with Crippen LogP contribution in [0.4, 0.5) is 11.5 Å². The molecule has 11 nitrogen and oxygen atoms in total. The van der Waals surface area contributed by atoms with Gasteiger partial charge in [0.1, 0.15) is 5.82 Å². The van der Waals surface area contributed by atoms with Crippen LogP contribution in [-0.4, -0.2) is 61.0 Å². The number of nitrogen functional groups attached to an aromatic ring is 1. The Kier molecular flexibility index (Phi) is 7.72. The van der Waals surface area contributed by atoms with Crippen LogP contribution in [0, 0.1) is 0 Å². The summed E-state index contributed by atoms with van der Waals surface area (Å²) in [7, 11) is -3.70. The number of nitrogens with zero attached hydrogens (tertiary/aromatic N) is 3. The largest absolute Gasteiger partial charge is 0.383 e. The molecule has 0 unspecified atom stereocenters. The molecule has 1 aliphatic heterocycles. The van der Waals surface area contributed by atoms with Gasteiger partial charge in [0.2, 0.25) is 10.0 Å². The maximum Gasteiger partial charge on any atom is 0.330 e. The number of nitrogens with two attached hydrogens (primary N) is 1. The number of aromatic nitrogens is 2. The topological polar surface area (TPSA) is 148 Å². The third kappa shape index (κ3) is 5.02. The SMILES string of the molecule is CCCCn1c(N)c(N(CC)C(=O)c2ccc(S(=O)(=O)N3CCOCC3)cc2)c(=O)[nH]c1=O. The molecule has 1 aromatic heterocycles. The molecule has 0 spiro atoms. The Balaban J connectivity index is 1.93. The standard InChI is InChI=1S/C21H29N5O6S/c1-3-5-10-26-18(22)17(19(27)23-21(26)29)25(4-2)20(28)15-6-8-16(9-7-15)33(30,31)24-11-13-32-14-12-24/h6-9H,3-5,10-14,22H2,1-2H3,(H,23,27,29). The van der Waals surface area contributed by atoms with Crippen molar-refractivity contribution in [3.05, 3.63) is 50.7 Å². The number of sulfonamides is 1. The van der Waals surface area contributed by atoms with Gasteiger partial charge in [0.15, 0.2) is 5.69 Å². The summed E-state index contributed by atoms with van der Waals surface area (Å²) >= 11 is 0. The molecular formula is C21H29N5O6S. The molecule has 0 aliphatic carbocycles. The minimum absolute atomic E-state index is 0.0643. The number of carbonyl (C=O) groups excluding carboxylic acids is 1. The first kappa shape index (κ1) is 24.7. The number of amides is 1. The number of benzene rings is 1. The van der Waals surface area contributed by atoms with E-state index in [4.69, 9.17) is 10.5 Å². The Morgan fingerprint density at radius 1 is 1.15 bits per heavy atom. The molecule has 0 radical (unpaired) electrons. The minimum atomic E-state index is -3.70. The number of nitrogens with one attached hydrogen (secondary N) is 1. The Hall–Kier alpha value is -2.96. The lowest BCUT2D eigenvalue weighted by molar-refractivity contribution is 0.0730. The van der Waals surface area contributed by atoms with Crippen molar-refractivity contribution in [1.29, 1.82) is 0 Å². The summed E-state index contributed by atoms with van der Waals surface area (Å²) in [4.78, 5) is 41.4. The van der Waals surface area contributed by atoms with Crippen molar-refractivity contribution in [3.8, 4) is 0 Å². The van der Waals surface area contributed by atoms with E-state index in [0.717, 1.165) is 6.42 Å². The molecule has 180 valence electrons. The van der Waals surface area contributed by atoms with Gasteiger partial charge >= 0.3 is 5.69 Å². The Morgan fingerprint density at radius 3 is 2.36 bits per heavy atom. The van der Waals surface area contributed by atoms with Crippen LogP contribution in [0.3, 0.4) is 0 Å². The van der Waals surface area contributed by atoms with Gasteiger partial charge in [-0.2, -0.15) is 4.31 Å². The fraction of sp³-hybridized carbons (Fsp3) is 0.476. The second-order valence-electron chi connectivity index (χ2n) is 7.59. The second-order valence-corrected chi connectivity index (χ2v) is 9.53. The molecular weight excluding hydrogens is 450 g/mol. The van der Waals surface area contributed by atoms with Crippen LogP contribution in [0.15, 0.2) is 38.8 Å². The van der Waals surface area contributed by atoms with Crippen molar-refractivity contribution in [1.82, 2.24) is 13.9 Å². The van der Waals surface area contributed by atoms with Crippen molar-refractivity contribution in [2.24, 2.45) is 0 Å². The molecule has 12 heteroatoms. The van der Waals surface area contributed by atoms with E-state index >= 15 is 0 Å². The van der Waals surface area contributed by atoms with Crippen LogP contribution in [0.25, 0.3) is 0 Å². The zero-order valence-corrected chi connectivity index (χ0v) is 19.6. The highest BCUT2D eigenvalue weighted by atomic mass is 32.2. The lowest BCUT2D eigenvalue weighted by atomic mass is 10.2. The molecule has 2 heterocycles. The number of aromatic amines is 1. The molecule has 0 atom stereocenters. The summed E-state index contributed by atoms with van der Waals surface area (Å²) in [6.45, 7) is 5.25. The predicted molar refractivity (Wildman–Crippen MR) is 124 cm³/mol. The van der Waals surface area contributed by atoms with Crippen molar-refractivity contribution < 1.29 is 17.9 Å². The van der Waals surface area contributed by atoms with Crippen LogP contribution >= 0.6 is 0 Å². The molecule has 1 amide bonds. The van der Waals surface area contributed by atoms with E-state index in [0.29, 0.717) is 26.2 Å². The van der Waals surface area contributed by atoms with Gasteiger partial charge in [0.25, 0.3) is 11.5 Å². The van der Waals surface area contributed by atoms with E-state index in [2.05, 4.69) is 4.98 Å². The smallest absolute Gasteiger partial charge is 0.330 e. The number of anilines is 2. The first-order valence-corrected chi connectivity index (χ1v) is 12.3. The molecule has 3 rings (SSSR count). The summed E-state index contributed by atoms with van der Waals surface area (Å²) in [6.07, 6.45) is 1.49. The summed E-state index contributed by atoms with van der Waals surface area (Å²) in [5, 5.41) is 0. The highest BCUT2D eigenvalue weighted by Gasteiger charge is 2.28. The Morgan fingerprint density at radius 2 is 1.79 bits per heavy atom. The first-order valence-electron chi connectivity index (χ1n) is 10.8. The number of ether oxygens (including phenoxy) is 1. The Labute approximate surface area is 191 Å². The summed E-state index contributed by atoms with van der Waals surface area (Å²) in [5.41, 5.74) is 4.82. The van der Waals surface area contributed by atoms with Crippen molar-refractivity contribution in [3.63, 3.8) is 0 Å². The van der Waals surface area contributed by atoms with E-state index in [-0.39, 0.29) is 41.6 Å². The number of H-pyrrole nitrogens is 1. The molecule has 2 aromatic rings. The number of unbranched alkanes of at least 4 members (excludes halogenated alkanes) is 1. The molecule has 1 saturated heterocycles. The third-order valence-corrected chi connectivity index (χ3v) is 7.40. The van der Waals surface area contributed by atoms with Gasteiger partial charge in [-0.05, 0) is 37.6 Å². The average Bonchev–Trinajstić information content (AvgIpc) is 2.81. The first-order chi connectivity index (χ1) is 15.7. The molecule has 0 saturated carbocycles. The minimum Gasteiger partial charge on any atom is -0.383 e. The van der Waals surface area contributed by atoms with E-state index in [9.17, 15) is 22.8 Å². The van der Waals surface area contributed by atoms with Crippen molar-refractivity contribution in [2.75, 3.05) is 43.5 Å². The van der Waals surface area contributed by atoms with Gasteiger partial charge in [-0.15, -0.1) is 0 Å². The monoisotopic (exact) mass is 479 g/mol. The zero-order chi connectivity index (χ0) is 24.2. The third-order valence-electron chi connectivity index (χ3n) is 5.49. The van der Waals surface area contributed by atoms with E-state index < -0.39 is 27.2 Å². The highest BCUT2D eigenvalue weighted by molar-refractivity contribution is 7.89. The summed E-state index contributed by atoms with van der Waals surface area (Å²) in [5.74, 6) is -0.621. The molecule has 33 heavy (non-hydrogen) atoms. The molecule has 1 aliphatic rings. The number of rotatable bonds is 8. The van der Waals surface area contributed by atoms with E-state index in [1.807, 2.05) is 6.92 Å². The summed E-state index contributed by atoms with van der Waals surface area (Å²) in [6, 6.07) is 5.52. The van der Waals surface area contributed by atoms with Gasteiger partial charge in [0.05, 0.1) is 18.1 Å². The fourth-order valence-corrected chi connectivity index (χ4v) is 5.05. The van der Waals surface area contributed by atoms with Gasteiger partial charge in [-0.25, -0.2) is 13.2 Å². The highest BCUT2D eigenvalue weighted by Crippen LogP contribution is 2.22. The van der Waals surface area contributed by atoms with Crippen LogP contribution < -0.4 is 21.9 Å². The van der Waals surface area contributed by atoms with Crippen LogP contribution in [0.5, 0.6) is 0 Å². The van der Waals surface area contributed by atoms with Gasteiger partial charge in [-0.3, -0.25) is 19.1 Å². The number of hydrogen-bond acceptors (Lipinski definition) is 7. The lowest BCUT2D eigenvalue weighted by Gasteiger charge is -2.26. The fourth-order valence-electron chi connectivity index (χ4n) is 3.64. The summed E-state index contributed by atoms with van der Waals surface area (Å²) < 4.78 is 33.4. The van der Waals surface area contributed by atoms with Crippen LogP contribution in [0.2, 0.25) is 0 Å². The number of morpholine rings is 1.